The molecule has 0 saturated carbocycles. The maximum absolute atomic E-state index is 11.4. The van der Waals surface area contributed by atoms with Crippen LogP contribution in [0.15, 0.2) is 78.9 Å². The van der Waals surface area contributed by atoms with E-state index in [0.29, 0.717) is 0 Å². The minimum Gasteiger partial charge on any atom is -0.466 e. The molecule has 5 nitrogen and oxygen atoms in total. The number of aromatic nitrogens is 2. The smallest absolute Gasteiger partial charge is 0.330 e. The predicted octanol–water partition coefficient (Wildman–Crippen LogP) is 6.75. The molecule has 0 spiro atoms. The summed E-state index contributed by atoms with van der Waals surface area (Å²) in [5.41, 5.74) is 8.51. The van der Waals surface area contributed by atoms with Gasteiger partial charge in [0.25, 0.3) is 0 Å². The molecule has 1 heterocycles. The highest BCUT2D eigenvalue weighted by molar-refractivity contribution is 5.87. The van der Waals surface area contributed by atoms with Crippen LogP contribution in [0.3, 0.4) is 0 Å². The summed E-state index contributed by atoms with van der Waals surface area (Å²) in [5, 5.41) is 0. The first-order chi connectivity index (χ1) is 17.5. The first kappa shape index (κ1) is 25.1. The van der Waals surface area contributed by atoms with Crippen molar-refractivity contribution < 1.29 is 9.53 Å². The minimum absolute atomic E-state index is 0.374. The molecule has 1 aromatic heterocycles. The molecule has 0 fully saturated rings. The molecular weight excluding hydrogens is 446 g/mol. The highest BCUT2D eigenvalue weighted by Gasteiger charge is 2.16. The zero-order valence-electron chi connectivity index (χ0n) is 21.4. The Labute approximate surface area is 213 Å². The number of esters is 1. The van der Waals surface area contributed by atoms with Gasteiger partial charge in [-0.25, -0.2) is 9.78 Å². The van der Waals surface area contributed by atoms with E-state index in [1.54, 1.807) is 6.08 Å². The molecule has 0 unspecified atom stereocenters. The third-order valence-corrected chi connectivity index (χ3v) is 6.37. The van der Waals surface area contributed by atoms with Crippen LogP contribution in [0.2, 0.25) is 0 Å². The number of hydrogen-bond donors (Lipinski definition) is 1. The Morgan fingerprint density at radius 3 is 2.11 bits per heavy atom. The van der Waals surface area contributed by atoms with E-state index in [-0.39, 0.29) is 5.97 Å². The lowest BCUT2D eigenvalue weighted by molar-refractivity contribution is -0.134. The van der Waals surface area contributed by atoms with Crippen molar-refractivity contribution >= 4 is 12.0 Å². The molecular formula is C31H33N3O2. The second kappa shape index (κ2) is 11.6. The summed E-state index contributed by atoms with van der Waals surface area (Å²) in [6.45, 7) is 9.50. The Kier molecular flexibility index (Phi) is 8.13. The van der Waals surface area contributed by atoms with Crippen molar-refractivity contribution in [2.45, 2.75) is 27.3 Å². The van der Waals surface area contributed by atoms with Crippen molar-refractivity contribution in [2.75, 3.05) is 20.2 Å². The Hall–Kier alpha value is -3.96. The average molecular weight is 480 g/mol. The number of hydrogen-bond acceptors (Lipinski definition) is 4. The van der Waals surface area contributed by atoms with E-state index in [0.717, 1.165) is 59.1 Å². The summed E-state index contributed by atoms with van der Waals surface area (Å²) in [4.78, 5) is 22.4. The van der Waals surface area contributed by atoms with E-state index in [1.165, 1.54) is 24.3 Å². The van der Waals surface area contributed by atoms with Crippen LogP contribution in [-0.4, -0.2) is 41.0 Å². The van der Waals surface area contributed by atoms with Gasteiger partial charge in [0.2, 0.25) is 0 Å². The molecule has 0 amide bonds. The van der Waals surface area contributed by atoms with E-state index in [9.17, 15) is 4.79 Å². The first-order valence-electron chi connectivity index (χ1n) is 12.4. The Balaban J connectivity index is 1.69. The molecule has 0 bridgehead atoms. The van der Waals surface area contributed by atoms with Crippen LogP contribution in [0.5, 0.6) is 0 Å². The minimum atomic E-state index is -0.374. The second-order valence-corrected chi connectivity index (χ2v) is 8.81. The zero-order valence-corrected chi connectivity index (χ0v) is 21.4. The highest BCUT2D eigenvalue weighted by atomic mass is 16.5. The molecule has 0 aliphatic heterocycles. The van der Waals surface area contributed by atoms with Gasteiger partial charge in [0.1, 0.15) is 5.82 Å². The van der Waals surface area contributed by atoms with Crippen molar-refractivity contribution in [2.24, 2.45) is 0 Å². The largest absolute Gasteiger partial charge is 0.466 e. The summed E-state index contributed by atoms with van der Waals surface area (Å²) < 4.78 is 4.67. The number of imidazole rings is 1. The van der Waals surface area contributed by atoms with Crippen molar-refractivity contribution in [1.29, 1.82) is 0 Å². The van der Waals surface area contributed by atoms with Gasteiger partial charge in [-0.2, -0.15) is 0 Å². The van der Waals surface area contributed by atoms with Gasteiger partial charge in [-0.15, -0.1) is 0 Å². The van der Waals surface area contributed by atoms with Gasteiger partial charge in [-0.1, -0.05) is 92.2 Å². The number of ether oxygens (including phenoxy) is 1. The van der Waals surface area contributed by atoms with Crippen LogP contribution < -0.4 is 0 Å². The number of H-pyrrole nitrogens is 1. The molecule has 0 aliphatic carbocycles. The van der Waals surface area contributed by atoms with E-state index in [2.05, 4.69) is 83.9 Å². The third kappa shape index (κ3) is 5.99. The maximum atomic E-state index is 11.4. The van der Waals surface area contributed by atoms with Crippen LogP contribution in [0.1, 0.15) is 30.5 Å². The molecule has 0 radical (unpaired) electrons. The fraction of sp³-hybridized carbons (Fsp3) is 0.226. The standard InChI is InChI=1S/C31H33N3O2/c1-5-34(6-2)21-24-11-16-26(17-12-24)30-29(25-14-7-22(3)8-15-25)32-31(33-30)27-18-9-23(10-19-27)13-20-28(35)36-4/h7-20H,5-6,21H2,1-4H3,(H,32,33). The summed E-state index contributed by atoms with van der Waals surface area (Å²) in [6, 6.07) is 25.2. The molecule has 36 heavy (non-hydrogen) atoms. The summed E-state index contributed by atoms with van der Waals surface area (Å²) in [5.74, 6) is 0.428. The van der Waals surface area contributed by atoms with E-state index >= 15 is 0 Å². The molecule has 0 aliphatic rings. The first-order valence-corrected chi connectivity index (χ1v) is 12.4. The van der Waals surface area contributed by atoms with Crippen LogP contribution in [0, 0.1) is 6.92 Å². The van der Waals surface area contributed by atoms with Crippen LogP contribution >= 0.6 is 0 Å². The van der Waals surface area contributed by atoms with E-state index < -0.39 is 0 Å². The number of rotatable bonds is 9. The van der Waals surface area contributed by atoms with Crippen molar-refractivity contribution in [3.8, 4) is 33.9 Å². The molecule has 4 rings (SSSR count). The maximum Gasteiger partial charge on any atom is 0.330 e. The van der Waals surface area contributed by atoms with Gasteiger partial charge in [0.15, 0.2) is 0 Å². The van der Waals surface area contributed by atoms with Gasteiger partial charge in [0.05, 0.1) is 18.5 Å². The fourth-order valence-corrected chi connectivity index (χ4v) is 4.11. The van der Waals surface area contributed by atoms with Crippen LogP contribution in [0.25, 0.3) is 40.0 Å². The van der Waals surface area contributed by atoms with Gasteiger partial charge in [-0.05, 0) is 37.2 Å². The lowest BCUT2D eigenvalue weighted by atomic mass is 10.0. The number of carbonyl (C=O) groups excluding carboxylic acids is 1. The fourth-order valence-electron chi connectivity index (χ4n) is 4.11. The second-order valence-electron chi connectivity index (χ2n) is 8.81. The van der Waals surface area contributed by atoms with Crippen molar-refractivity contribution in [1.82, 2.24) is 14.9 Å². The van der Waals surface area contributed by atoms with Gasteiger partial charge >= 0.3 is 5.97 Å². The zero-order chi connectivity index (χ0) is 25.5. The van der Waals surface area contributed by atoms with Crippen LogP contribution in [0.4, 0.5) is 0 Å². The van der Waals surface area contributed by atoms with Gasteiger partial charge < -0.3 is 9.72 Å². The highest BCUT2D eigenvalue weighted by Crippen LogP contribution is 2.33. The molecule has 0 atom stereocenters. The lowest BCUT2D eigenvalue weighted by Gasteiger charge is -2.18. The lowest BCUT2D eigenvalue weighted by Crippen LogP contribution is -2.21. The summed E-state index contributed by atoms with van der Waals surface area (Å²) >= 11 is 0. The molecule has 1 N–H and O–H groups in total. The number of nitrogens with one attached hydrogen (secondary N) is 1. The normalized spacial score (nSPS) is 11.4. The van der Waals surface area contributed by atoms with Crippen molar-refractivity contribution in [3.05, 3.63) is 95.6 Å². The SMILES string of the molecule is CCN(CC)Cc1ccc(-c2nc(-c3ccc(C=CC(=O)OC)cc3)[nH]c2-c2ccc(C)cc2)cc1. The molecule has 184 valence electrons. The Morgan fingerprint density at radius 1 is 0.889 bits per heavy atom. The third-order valence-electron chi connectivity index (χ3n) is 6.37. The van der Waals surface area contributed by atoms with E-state index in [4.69, 9.17) is 4.98 Å². The predicted molar refractivity (Wildman–Crippen MR) is 147 cm³/mol. The molecule has 3 aromatic carbocycles. The molecule has 4 aromatic rings. The Morgan fingerprint density at radius 2 is 1.50 bits per heavy atom. The number of nitrogens with zero attached hydrogens (tertiary/aromatic N) is 2. The van der Waals surface area contributed by atoms with Gasteiger partial charge in [0, 0.05) is 29.3 Å². The number of benzene rings is 3. The van der Waals surface area contributed by atoms with Crippen molar-refractivity contribution in [3.63, 3.8) is 0 Å². The molecule has 5 heteroatoms. The summed E-state index contributed by atoms with van der Waals surface area (Å²) in [7, 11) is 1.37. The number of methoxy groups -OCH3 is 1. The Bertz CT molecular complexity index is 1310. The number of aromatic amines is 1. The quantitative estimate of drug-likeness (QED) is 0.213. The molecule has 0 saturated heterocycles. The summed E-state index contributed by atoms with van der Waals surface area (Å²) in [6.07, 6.45) is 3.15. The number of aryl methyl sites for hydroxylation is 1. The monoisotopic (exact) mass is 479 g/mol. The van der Waals surface area contributed by atoms with Gasteiger partial charge in [-0.3, -0.25) is 4.90 Å². The van der Waals surface area contributed by atoms with Crippen LogP contribution in [-0.2, 0) is 16.1 Å². The van der Waals surface area contributed by atoms with E-state index in [1.807, 2.05) is 24.3 Å². The topological polar surface area (TPSA) is 58.2 Å². The average Bonchev–Trinajstić information content (AvgIpc) is 3.37. The number of carbonyl (C=O) groups is 1.